The minimum atomic E-state index is -0.842. The molecule has 0 saturated carbocycles. The number of rotatable bonds is 2. The molecule has 1 fully saturated rings. The van der Waals surface area contributed by atoms with E-state index in [0.717, 1.165) is 31.8 Å². The molecule has 14 heavy (non-hydrogen) atoms. The Bertz CT molecular complexity index is 193. The van der Waals surface area contributed by atoms with Crippen LogP contribution >= 0.6 is 0 Å². The zero-order valence-electron chi connectivity index (χ0n) is 9.36. The third-order valence-electron chi connectivity index (χ3n) is 3.15. The van der Waals surface area contributed by atoms with Gasteiger partial charge in [0.2, 0.25) is 0 Å². The molecule has 0 aromatic carbocycles. The highest BCUT2D eigenvalue weighted by Gasteiger charge is 2.26. The average Bonchev–Trinajstić information content (AvgIpc) is 2.16. The zero-order valence-corrected chi connectivity index (χ0v) is 9.36. The fourth-order valence-electron chi connectivity index (χ4n) is 2.05. The quantitative estimate of drug-likeness (QED) is 0.727. The van der Waals surface area contributed by atoms with E-state index < -0.39 is 6.10 Å². The minimum Gasteiger partial charge on any atom is -0.384 e. The molecule has 1 amide bonds. The number of carbonyl (C=O) groups excluding carboxylic acids is 1. The van der Waals surface area contributed by atoms with Crippen molar-refractivity contribution in [3.63, 3.8) is 0 Å². The van der Waals surface area contributed by atoms with Crippen molar-refractivity contribution in [2.75, 3.05) is 13.1 Å². The second kappa shape index (κ2) is 4.78. The molecule has 0 aromatic rings. The SMILES string of the molecule is CC(C)C1CCN(C(=O)[C@H](C)O)CC1. The molecule has 3 heteroatoms. The van der Waals surface area contributed by atoms with Crippen LogP contribution in [0.25, 0.3) is 0 Å². The lowest BCUT2D eigenvalue weighted by molar-refractivity contribution is -0.140. The van der Waals surface area contributed by atoms with Gasteiger partial charge in [0.25, 0.3) is 5.91 Å². The van der Waals surface area contributed by atoms with Crippen LogP contribution in [0.5, 0.6) is 0 Å². The lowest BCUT2D eigenvalue weighted by Crippen LogP contribution is -2.43. The molecule has 0 aromatic heterocycles. The molecule has 0 unspecified atom stereocenters. The molecule has 1 heterocycles. The molecule has 0 aliphatic carbocycles. The molecule has 1 aliphatic rings. The van der Waals surface area contributed by atoms with Crippen molar-refractivity contribution in [1.82, 2.24) is 4.90 Å². The first-order valence-corrected chi connectivity index (χ1v) is 5.49. The lowest BCUT2D eigenvalue weighted by atomic mass is 9.86. The van der Waals surface area contributed by atoms with Crippen LogP contribution in [-0.4, -0.2) is 35.1 Å². The first-order valence-electron chi connectivity index (χ1n) is 5.49. The molecule has 0 spiro atoms. The normalized spacial score (nSPS) is 21.4. The largest absolute Gasteiger partial charge is 0.384 e. The van der Waals surface area contributed by atoms with Crippen molar-refractivity contribution in [2.24, 2.45) is 11.8 Å². The summed E-state index contributed by atoms with van der Waals surface area (Å²) >= 11 is 0. The van der Waals surface area contributed by atoms with Crippen LogP contribution in [0.1, 0.15) is 33.6 Å². The summed E-state index contributed by atoms with van der Waals surface area (Å²) in [5.41, 5.74) is 0. The summed E-state index contributed by atoms with van der Waals surface area (Å²) in [7, 11) is 0. The number of hydrogen-bond donors (Lipinski definition) is 1. The predicted molar refractivity (Wildman–Crippen MR) is 55.8 cm³/mol. The van der Waals surface area contributed by atoms with Crippen molar-refractivity contribution in [3.8, 4) is 0 Å². The zero-order chi connectivity index (χ0) is 10.7. The van der Waals surface area contributed by atoms with E-state index in [1.54, 1.807) is 4.90 Å². The van der Waals surface area contributed by atoms with E-state index in [1.807, 2.05) is 0 Å². The van der Waals surface area contributed by atoms with Crippen molar-refractivity contribution in [3.05, 3.63) is 0 Å². The number of aliphatic hydroxyl groups is 1. The number of amides is 1. The molecule has 1 aliphatic heterocycles. The highest BCUT2D eigenvalue weighted by molar-refractivity contribution is 5.80. The van der Waals surface area contributed by atoms with E-state index in [0.29, 0.717) is 5.92 Å². The Labute approximate surface area is 86.1 Å². The number of carbonyl (C=O) groups is 1. The Balaban J connectivity index is 2.39. The van der Waals surface area contributed by atoms with E-state index >= 15 is 0 Å². The topological polar surface area (TPSA) is 40.5 Å². The molecule has 1 saturated heterocycles. The van der Waals surface area contributed by atoms with Gasteiger partial charge in [-0.3, -0.25) is 4.79 Å². The monoisotopic (exact) mass is 199 g/mol. The molecule has 0 radical (unpaired) electrons. The van der Waals surface area contributed by atoms with Crippen LogP contribution < -0.4 is 0 Å². The van der Waals surface area contributed by atoms with Crippen LogP contribution in [0.2, 0.25) is 0 Å². The van der Waals surface area contributed by atoms with Gasteiger partial charge in [-0.2, -0.15) is 0 Å². The Kier molecular flexibility index (Phi) is 3.93. The summed E-state index contributed by atoms with van der Waals surface area (Å²) in [6.45, 7) is 7.63. The maximum absolute atomic E-state index is 11.5. The first kappa shape index (κ1) is 11.5. The summed E-state index contributed by atoms with van der Waals surface area (Å²) in [5, 5.41) is 9.16. The Morgan fingerprint density at radius 1 is 1.29 bits per heavy atom. The van der Waals surface area contributed by atoms with E-state index in [2.05, 4.69) is 13.8 Å². The lowest BCUT2D eigenvalue weighted by Gasteiger charge is -2.34. The number of aliphatic hydroxyl groups excluding tert-OH is 1. The van der Waals surface area contributed by atoms with E-state index in [1.165, 1.54) is 6.92 Å². The van der Waals surface area contributed by atoms with Gasteiger partial charge >= 0.3 is 0 Å². The fraction of sp³-hybridized carbons (Fsp3) is 0.909. The van der Waals surface area contributed by atoms with Crippen molar-refractivity contribution >= 4 is 5.91 Å². The maximum atomic E-state index is 11.5. The second-order valence-electron chi connectivity index (χ2n) is 4.58. The summed E-state index contributed by atoms with van der Waals surface area (Å²) in [6, 6.07) is 0. The van der Waals surface area contributed by atoms with Crippen LogP contribution in [0.15, 0.2) is 0 Å². The van der Waals surface area contributed by atoms with Crippen molar-refractivity contribution in [2.45, 2.75) is 39.7 Å². The predicted octanol–water partition coefficient (Wildman–Crippen LogP) is 1.26. The van der Waals surface area contributed by atoms with E-state index in [-0.39, 0.29) is 5.91 Å². The Morgan fingerprint density at radius 3 is 2.14 bits per heavy atom. The van der Waals surface area contributed by atoms with Crippen LogP contribution in [0.3, 0.4) is 0 Å². The number of hydrogen-bond acceptors (Lipinski definition) is 2. The van der Waals surface area contributed by atoms with Gasteiger partial charge in [-0.05, 0) is 31.6 Å². The summed E-state index contributed by atoms with van der Waals surface area (Å²) < 4.78 is 0. The van der Waals surface area contributed by atoms with Crippen LogP contribution in [0.4, 0.5) is 0 Å². The molecular weight excluding hydrogens is 178 g/mol. The van der Waals surface area contributed by atoms with Gasteiger partial charge < -0.3 is 10.0 Å². The summed E-state index contributed by atoms with van der Waals surface area (Å²) in [4.78, 5) is 13.2. The van der Waals surface area contributed by atoms with E-state index in [4.69, 9.17) is 5.11 Å². The first-order chi connectivity index (χ1) is 6.52. The molecular formula is C11H21NO2. The third-order valence-corrected chi connectivity index (χ3v) is 3.15. The highest BCUT2D eigenvalue weighted by Crippen LogP contribution is 2.24. The molecule has 82 valence electrons. The van der Waals surface area contributed by atoms with Gasteiger partial charge in [0.1, 0.15) is 6.10 Å². The van der Waals surface area contributed by atoms with E-state index in [9.17, 15) is 4.79 Å². The summed E-state index contributed by atoms with van der Waals surface area (Å²) in [5.74, 6) is 1.33. The Hall–Kier alpha value is -0.570. The average molecular weight is 199 g/mol. The van der Waals surface area contributed by atoms with Gasteiger partial charge in [0.05, 0.1) is 0 Å². The molecule has 1 rings (SSSR count). The molecule has 3 nitrogen and oxygen atoms in total. The summed E-state index contributed by atoms with van der Waals surface area (Å²) in [6.07, 6.45) is 1.32. The standard InChI is InChI=1S/C11H21NO2/c1-8(2)10-4-6-12(7-5-10)11(14)9(3)13/h8-10,13H,4-7H2,1-3H3/t9-/m0/s1. The van der Waals surface area contributed by atoms with Crippen molar-refractivity contribution in [1.29, 1.82) is 0 Å². The van der Waals surface area contributed by atoms with Gasteiger partial charge in [-0.15, -0.1) is 0 Å². The van der Waals surface area contributed by atoms with Gasteiger partial charge in [0.15, 0.2) is 0 Å². The van der Waals surface area contributed by atoms with Gasteiger partial charge in [-0.25, -0.2) is 0 Å². The Morgan fingerprint density at radius 2 is 1.79 bits per heavy atom. The van der Waals surface area contributed by atoms with Crippen molar-refractivity contribution < 1.29 is 9.90 Å². The minimum absolute atomic E-state index is 0.118. The van der Waals surface area contributed by atoms with Gasteiger partial charge in [-0.1, -0.05) is 13.8 Å². The number of likely N-dealkylation sites (tertiary alicyclic amines) is 1. The van der Waals surface area contributed by atoms with Crippen LogP contribution in [-0.2, 0) is 4.79 Å². The third kappa shape index (κ3) is 2.71. The van der Waals surface area contributed by atoms with Gasteiger partial charge in [0, 0.05) is 13.1 Å². The van der Waals surface area contributed by atoms with Crippen LogP contribution in [0, 0.1) is 11.8 Å². The molecule has 1 N–H and O–H groups in total. The number of nitrogens with zero attached hydrogens (tertiary/aromatic N) is 1. The maximum Gasteiger partial charge on any atom is 0.251 e. The fourth-order valence-corrected chi connectivity index (χ4v) is 2.05. The smallest absolute Gasteiger partial charge is 0.251 e. The second-order valence-corrected chi connectivity index (χ2v) is 4.58. The highest BCUT2D eigenvalue weighted by atomic mass is 16.3. The number of piperidine rings is 1. The molecule has 0 bridgehead atoms. The molecule has 1 atom stereocenters.